The highest BCUT2D eigenvalue weighted by Crippen LogP contribution is 2.24. The van der Waals surface area contributed by atoms with E-state index < -0.39 is 5.82 Å². The predicted molar refractivity (Wildman–Crippen MR) is 79.4 cm³/mol. The van der Waals surface area contributed by atoms with Gasteiger partial charge in [-0.25, -0.2) is 4.39 Å². The van der Waals surface area contributed by atoms with E-state index in [1.807, 2.05) is 0 Å². The van der Waals surface area contributed by atoms with Crippen molar-refractivity contribution in [3.05, 3.63) is 63.9 Å². The van der Waals surface area contributed by atoms with Gasteiger partial charge in [-0.1, -0.05) is 40.9 Å². The number of rotatable bonds is 3. The highest BCUT2D eigenvalue weighted by Gasteiger charge is 2.08. The number of hydrogen-bond donors (Lipinski definition) is 1. The third-order valence-corrected chi connectivity index (χ3v) is 3.34. The molecule has 2 rings (SSSR count). The molecule has 0 aromatic heterocycles. The van der Waals surface area contributed by atoms with E-state index in [4.69, 9.17) is 11.6 Å². The third-order valence-electron chi connectivity index (χ3n) is 3.05. The van der Waals surface area contributed by atoms with Gasteiger partial charge in [0.2, 0.25) is 0 Å². The van der Waals surface area contributed by atoms with Crippen molar-refractivity contribution in [2.75, 3.05) is 5.32 Å². The van der Waals surface area contributed by atoms with Crippen LogP contribution in [0.15, 0.2) is 36.4 Å². The molecule has 0 aliphatic carbocycles. The minimum atomic E-state index is -0.397. The van der Waals surface area contributed by atoms with Crippen molar-refractivity contribution in [3.63, 3.8) is 0 Å². The monoisotopic (exact) mass is 277 g/mol. The van der Waals surface area contributed by atoms with Crippen molar-refractivity contribution >= 4 is 17.3 Å². The first-order valence-corrected chi connectivity index (χ1v) is 6.63. The SMILES string of the molecule is Cc1cc(C)cc(C(C)Nc2ccc(F)c(Cl)c2)c1. The Hall–Kier alpha value is -1.54. The average molecular weight is 278 g/mol. The molecular weight excluding hydrogens is 261 g/mol. The van der Waals surface area contributed by atoms with E-state index in [1.54, 1.807) is 12.1 Å². The third kappa shape index (κ3) is 3.48. The standard InChI is InChI=1S/C16H17ClFN/c1-10-6-11(2)8-13(7-10)12(3)19-14-4-5-16(18)15(17)9-14/h4-9,12,19H,1-3H3. The van der Waals surface area contributed by atoms with Crippen LogP contribution in [-0.4, -0.2) is 0 Å². The molecule has 0 aliphatic rings. The Morgan fingerprint density at radius 1 is 1.05 bits per heavy atom. The second-order valence-corrected chi connectivity index (χ2v) is 5.32. The number of benzene rings is 2. The summed E-state index contributed by atoms with van der Waals surface area (Å²) < 4.78 is 13.1. The lowest BCUT2D eigenvalue weighted by molar-refractivity contribution is 0.628. The van der Waals surface area contributed by atoms with E-state index in [9.17, 15) is 4.39 Å². The van der Waals surface area contributed by atoms with Crippen LogP contribution in [0, 0.1) is 19.7 Å². The fraction of sp³-hybridized carbons (Fsp3) is 0.250. The molecule has 1 unspecified atom stereocenters. The molecule has 0 fully saturated rings. The zero-order valence-electron chi connectivity index (χ0n) is 11.3. The molecule has 0 radical (unpaired) electrons. The quantitative estimate of drug-likeness (QED) is 0.806. The molecule has 0 saturated heterocycles. The number of anilines is 1. The van der Waals surface area contributed by atoms with Crippen molar-refractivity contribution in [1.82, 2.24) is 0 Å². The van der Waals surface area contributed by atoms with Gasteiger partial charge in [-0.2, -0.15) is 0 Å². The van der Waals surface area contributed by atoms with Crippen LogP contribution >= 0.6 is 11.6 Å². The number of aryl methyl sites for hydroxylation is 2. The topological polar surface area (TPSA) is 12.0 Å². The van der Waals surface area contributed by atoms with Gasteiger partial charge >= 0.3 is 0 Å². The molecule has 0 heterocycles. The van der Waals surface area contributed by atoms with Crippen molar-refractivity contribution in [2.45, 2.75) is 26.8 Å². The zero-order valence-corrected chi connectivity index (χ0v) is 12.1. The van der Waals surface area contributed by atoms with Crippen LogP contribution in [0.2, 0.25) is 5.02 Å². The van der Waals surface area contributed by atoms with Crippen molar-refractivity contribution in [2.24, 2.45) is 0 Å². The summed E-state index contributed by atoms with van der Waals surface area (Å²) in [6, 6.07) is 11.3. The molecule has 0 aliphatic heterocycles. The molecule has 0 spiro atoms. The van der Waals surface area contributed by atoms with E-state index in [0.29, 0.717) is 0 Å². The Labute approximate surface area is 118 Å². The lowest BCUT2D eigenvalue weighted by atomic mass is 10.0. The van der Waals surface area contributed by atoms with Crippen LogP contribution in [0.25, 0.3) is 0 Å². The summed E-state index contributed by atoms with van der Waals surface area (Å²) >= 11 is 5.78. The van der Waals surface area contributed by atoms with Gasteiger partial charge in [0.1, 0.15) is 5.82 Å². The Bertz CT molecular complexity index is 575. The summed E-state index contributed by atoms with van der Waals surface area (Å²) in [6.07, 6.45) is 0. The molecular formula is C16H17ClFN. The van der Waals surface area contributed by atoms with Crippen molar-refractivity contribution in [3.8, 4) is 0 Å². The Morgan fingerprint density at radius 2 is 1.68 bits per heavy atom. The highest BCUT2D eigenvalue weighted by atomic mass is 35.5. The van der Waals surface area contributed by atoms with Gasteiger partial charge in [0.25, 0.3) is 0 Å². The summed E-state index contributed by atoms with van der Waals surface area (Å²) in [7, 11) is 0. The summed E-state index contributed by atoms with van der Waals surface area (Å²) in [4.78, 5) is 0. The zero-order chi connectivity index (χ0) is 14.0. The van der Waals surface area contributed by atoms with Crippen molar-refractivity contribution < 1.29 is 4.39 Å². The maximum Gasteiger partial charge on any atom is 0.141 e. The van der Waals surface area contributed by atoms with E-state index in [1.165, 1.54) is 22.8 Å². The Kier molecular flexibility index (Phi) is 4.11. The van der Waals surface area contributed by atoms with E-state index in [-0.39, 0.29) is 11.1 Å². The van der Waals surface area contributed by atoms with E-state index in [2.05, 4.69) is 44.3 Å². The van der Waals surface area contributed by atoms with Gasteiger partial charge in [0, 0.05) is 11.7 Å². The van der Waals surface area contributed by atoms with Crippen LogP contribution in [0.4, 0.5) is 10.1 Å². The van der Waals surface area contributed by atoms with E-state index in [0.717, 1.165) is 5.69 Å². The second-order valence-electron chi connectivity index (χ2n) is 4.92. The predicted octanol–water partition coefficient (Wildman–Crippen LogP) is 5.27. The minimum absolute atomic E-state index is 0.137. The molecule has 2 aromatic carbocycles. The second kappa shape index (κ2) is 5.62. The molecule has 100 valence electrons. The van der Waals surface area contributed by atoms with Gasteiger partial charge in [-0.3, -0.25) is 0 Å². The number of nitrogens with one attached hydrogen (secondary N) is 1. The average Bonchev–Trinajstić information content (AvgIpc) is 2.32. The maximum absolute atomic E-state index is 13.1. The van der Waals surface area contributed by atoms with E-state index >= 15 is 0 Å². The Balaban J connectivity index is 2.20. The van der Waals surface area contributed by atoms with Gasteiger partial charge < -0.3 is 5.32 Å². The molecule has 1 nitrogen and oxygen atoms in total. The van der Waals surface area contributed by atoms with Crippen LogP contribution in [-0.2, 0) is 0 Å². The fourth-order valence-electron chi connectivity index (χ4n) is 2.18. The van der Waals surface area contributed by atoms with Gasteiger partial charge in [-0.05, 0) is 44.5 Å². The van der Waals surface area contributed by atoms with Crippen LogP contribution < -0.4 is 5.32 Å². The molecule has 19 heavy (non-hydrogen) atoms. The molecule has 0 bridgehead atoms. The largest absolute Gasteiger partial charge is 0.378 e. The van der Waals surface area contributed by atoms with Crippen molar-refractivity contribution in [1.29, 1.82) is 0 Å². The van der Waals surface area contributed by atoms with Gasteiger partial charge in [-0.15, -0.1) is 0 Å². The van der Waals surface area contributed by atoms with Gasteiger partial charge in [0.15, 0.2) is 0 Å². The molecule has 1 N–H and O–H groups in total. The molecule has 2 aromatic rings. The van der Waals surface area contributed by atoms with Crippen LogP contribution in [0.5, 0.6) is 0 Å². The summed E-state index contributed by atoms with van der Waals surface area (Å²) in [5.74, 6) is -0.397. The lowest BCUT2D eigenvalue weighted by Gasteiger charge is -2.17. The maximum atomic E-state index is 13.1. The molecule has 1 atom stereocenters. The highest BCUT2D eigenvalue weighted by molar-refractivity contribution is 6.31. The summed E-state index contributed by atoms with van der Waals surface area (Å²) in [5.41, 5.74) is 4.50. The lowest BCUT2D eigenvalue weighted by Crippen LogP contribution is -2.07. The minimum Gasteiger partial charge on any atom is -0.378 e. The molecule has 0 amide bonds. The first kappa shape index (κ1) is 13.9. The normalized spacial score (nSPS) is 12.3. The Morgan fingerprint density at radius 3 is 2.26 bits per heavy atom. The summed E-state index contributed by atoms with van der Waals surface area (Å²) in [6.45, 7) is 6.24. The summed E-state index contributed by atoms with van der Waals surface area (Å²) in [5, 5.41) is 3.47. The first-order valence-electron chi connectivity index (χ1n) is 6.25. The molecule has 3 heteroatoms. The van der Waals surface area contributed by atoms with Crippen LogP contribution in [0.1, 0.15) is 29.7 Å². The first-order chi connectivity index (χ1) is 8.95. The number of halogens is 2. The number of hydrogen-bond acceptors (Lipinski definition) is 1. The smallest absolute Gasteiger partial charge is 0.141 e. The van der Waals surface area contributed by atoms with Gasteiger partial charge in [0.05, 0.1) is 5.02 Å². The molecule has 0 saturated carbocycles. The fourth-order valence-corrected chi connectivity index (χ4v) is 2.36. The van der Waals surface area contributed by atoms with Crippen LogP contribution in [0.3, 0.4) is 0 Å².